The van der Waals surface area contributed by atoms with Crippen LogP contribution in [0.1, 0.15) is 63.0 Å². The van der Waals surface area contributed by atoms with Crippen molar-refractivity contribution in [1.82, 2.24) is 14.7 Å². The molecule has 0 spiro atoms. The first kappa shape index (κ1) is 17.5. The fourth-order valence-corrected chi connectivity index (χ4v) is 4.67. The van der Waals surface area contributed by atoms with Crippen LogP contribution in [-0.4, -0.2) is 34.5 Å². The number of hydrogen-bond acceptors (Lipinski definition) is 3. The first-order valence-corrected chi connectivity index (χ1v) is 10.0. The fraction of sp³-hybridized carbons (Fsp3) is 0.619. The van der Waals surface area contributed by atoms with Gasteiger partial charge in [0, 0.05) is 31.5 Å². The maximum Gasteiger partial charge on any atom is 0.225 e. The maximum absolute atomic E-state index is 12.7. The summed E-state index contributed by atoms with van der Waals surface area (Å²) in [5.74, 6) is 0.738. The van der Waals surface area contributed by atoms with Crippen LogP contribution in [0.5, 0.6) is 0 Å². The Labute approximate surface area is 155 Å². The number of rotatable bonds is 4. The minimum Gasteiger partial charge on any atom is -0.381 e. The second-order valence-electron chi connectivity index (χ2n) is 7.85. The van der Waals surface area contributed by atoms with Crippen LogP contribution in [-0.2, 0) is 9.53 Å². The molecule has 140 valence electrons. The van der Waals surface area contributed by atoms with E-state index in [2.05, 4.69) is 15.9 Å². The summed E-state index contributed by atoms with van der Waals surface area (Å²) in [6.45, 7) is 0. The average molecular weight is 355 g/mol. The van der Waals surface area contributed by atoms with Crippen LogP contribution >= 0.6 is 0 Å². The van der Waals surface area contributed by atoms with Crippen LogP contribution in [0.2, 0.25) is 0 Å². The van der Waals surface area contributed by atoms with Crippen LogP contribution < -0.4 is 5.32 Å². The Balaban J connectivity index is 1.32. The Hall–Kier alpha value is -1.88. The van der Waals surface area contributed by atoms with Crippen LogP contribution in [0, 0.1) is 5.92 Å². The van der Waals surface area contributed by atoms with Gasteiger partial charge in [0.25, 0.3) is 0 Å². The minimum absolute atomic E-state index is 0.0323. The third-order valence-electron chi connectivity index (χ3n) is 6.22. The van der Waals surface area contributed by atoms with Gasteiger partial charge in [-0.1, -0.05) is 18.9 Å². The first-order valence-electron chi connectivity index (χ1n) is 10.0. The first-order chi connectivity index (χ1) is 12.7. The van der Waals surface area contributed by atoms with Gasteiger partial charge in [0.05, 0.1) is 17.7 Å². The molecule has 5 heteroatoms. The van der Waals surface area contributed by atoms with Gasteiger partial charge in [-0.15, -0.1) is 0 Å². The number of fused-ring (bicyclic) bond motifs is 1. The molecule has 2 saturated carbocycles. The normalized spacial score (nSPS) is 29.6. The molecular weight excluding hydrogens is 326 g/mol. The van der Waals surface area contributed by atoms with Crippen LogP contribution in [0.3, 0.4) is 0 Å². The van der Waals surface area contributed by atoms with Gasteiger partial charge in [-0.05, 0) is 50.7 Å². The Morgan fingerprint density at radius 3 is 2.73 bits per heavy atom. The highest BCUT2D eigenvalue weighted by Crippen LogP contribution is 2.33. The van der Waals surface area contributed by atoms with Crippen molar-refractivity contribution in [3.05, 3.63) is 36.3 Å². The second-order valence-corrected chi connectivity index (χ2v) is 7.85. The van der Waals surface area contributed by atoms with Gasteiger partial charge in [-0.3, -0.25) is 4.79 Å². The summed E-state index contributed by atoms with van der Waals surface area (Å²) < 4.78 is 7.64. The predicted molar refractivity (Wildman–Crippen MR) is 101 cm³/mol. The molecule has 1 N–H and O–H groups in total. The Morgan fingerprint density at radius 1 is 1.15 bits per heavy atom. The Kier molecular flexibility index (Phi) is 5.25. The molecule has 2 heterocycles. The van der Waals surface area contributed by atoms with E-state index in [0.717, 1.165) is 50.6 Å². The summed E-state index contributed by atoms with van der Waals surface area (Å²) in [6, 6.07) is 6.40. The standard InChI is InChI=1S/C21H29N3O2/c1-26-19-7-3-2-6-17(19)21(25)22-16-11-9-15(10-12-16)18-14-24-13-5-4-8-20(24)23-18/h4-5,8,13-17,19H,2-3,6-7,9-12H2,1H3,(H,22,25). The summed E-state index contributed by atoms with van der Waals surface area (Å²) in [7, 11) is 1.73. The topological polar surface area (TPSA) is 55.6 Å². The Bertz CT molecular complexity index is 716. The molecule has 2 fully saturated rings. The number of nitrogens with one attached hydrogen (secondary N) is 1. The molecule has 2 aliphatic rings. The molecule has 5 nitrogen and oxygen atoms in total. The van der Waals surface area contributed by atoms with Gasteiger partial charge in [-0.2, -0.15) is 0 Å². The van der Waals surface area contributed by atoms with Gasteiger partial charge in [0.2, 0.25) is 5.91 Å². The number of amides is 1. The number of ether oxygens (including phenoxy) is 1. The molecule has 0 aliphatic heterocycles. The zero-order valence-corrected chi connectivity index (χ0v) is 15.6. The van der Waals surface area contributed by atoms with Crippen molar-refractivity contribution < 1.29 is 9.53 Å². The van der Waals surface area contributed by atoms with Gasteiger partial charge < -0.3 is 14.5 Å². The molecule has 4 rings (SSSR count). The highest BCUT2D eigenvalue weighted by Gasteiger charge is 2.33. The number of hydrogen-bond donors (Lipinski definition) is 1. The van der Waals surface area contributed by atoms with E-state index in [1.165, 1.54) is 12.1 Å². The molecule has 0 bridgehead atoms. The number of carbonyl (C=O) groups excluding carboxylic acids is 1. The van der Waals surface area contributed by atoms with E-state index in [-0.39, 0.29) is 17.9 Å². The lowest BCUT2D eigenvalue weighted by atomic mass is 9.82. The molecule has 2 atom stereocenters. The smallest absolute Gasteiger partial charge is 0.225 e. The van der Waals surface area contributed by atoms with Gasteiger partial charge in [0.15, 0.2) is 0 Å². The molecule has 2 unspecified atom stereocenters. The van der Waals surface area contributed by atoms with Crippen LogP contribution in [0.4, 0.5) is 0 Å². The second kappa shape index (κ2) is 7.78. The molecule has 2 aliphatic carbocycles. The predicted octanol–water partition coefficient (Wildman–Crippen LogP) is 3.68. The van der Waals surface area contributed by atoms with Crippen molar-refractivity contribution in [2.75, 3.05) is 7.11 Å². The highest BCUT2D eigenvalue weighted by molar-refractivity contribution is 5.79. The summed E-state index contributed by atoms with van der Waals surface area (Å²) >= 11 is 0. The zero-order chi connectivity index (χ0) is 17.9. The van der Waals surface area contributed by atoms with Gasteiger partial charge in [-0.25, -0.2) is 4.98 Å². The van der Waals surface area contributed by atoms with Crippen molar-refractivity contribution >= 4 is 11.6 Å². The number of carbonyl (C=O) groups is 1. The van der Waals surface area contributed by atoms with Gasteiger partial charge >= 0.3 is 0 Å². The maximum atomic E-state index is 12.7. The summed E-state index contributed by atoms with van der Waals surface area (Å²) in [6.07, 6.45) is 12.8. The van der Waals surface area contributed by atoms with E-state index >= 15 is 0 Å². The number of aromatic nitrogens is 2. The zero-order valence-electron chi connectivity index (χ0n) is 15.6. The van der Waals surface area contributed by atoms with Crippen molar-refractivity contribution in [2.45, 2.75) is 69.4 Å². The number of imidazole rings is 1. The molecule has 0 saturated heterocycles. The van der Waals surface area contributed by atoms with Crippen molar-refractivity contribution in [3.63, 3.8) is 0 Å². The third kappa shape index (κ3) is 3.63. The van der Waals surface area contributed by atoms with E-state index in [9.17, 15) is 4.79 Å². The van der Waals surface area contributed by atoms with E-state index in [4.69, 9.17) is 9.72 Å². The largest absolute Gasteiger partial charge is 0.381 e. The lowest BCUT2D eigenvalue weighted by molar-refractivity contribution is -0.132. The van der Waals surface area contributed by atoms with E-state index in [1.807, 2.05) is 24.4 Å². The summed E-state index contributed by atoms with van der Waals surface area (Å²) in [5.41, 5.74) is 2.20. The molecular formula is C21H29N3O2. The molecule has 1 amide bonds. The number of methoxy groups -OCH3 is 1. The van der Waals surface area contributed by atoms with Crippen molar-refractivity contribution in [2.24, 2.45) is 5.92 Å². The summed E-state index contributed by atoms with van der Waals surface area (Å²) in [5, 5.41) is 3.31. The minimum atomic E-state index is 0.0323. The molecule has 0 radical (unpaired) electrons. The van der Waals surface area contributed by atoms with E-state index in [1.54, 1.807) is 7.11 Å². The Morgan fingerprint density at radius 2 is 1.96 bits per heavy atom. The van der Waals surface area contributed by atoms with E-state index < -0.39 is 0 Å². The summed E-state index contributed by atoms with van der Waals surface area (Å²) in [4.78, 5) is 17.5. The van der Waals surface area contributed by atoms with E-state index in [0.29, 0.717) is 12.0 Å². The van der Waals surface area contributed by atoms with Gasteiger partial charge in [0.1, 0.15) is 5.65 Å². The molecule has 2 aromatic heterocycles. The SMILES string of the molecule is COC1CCCCC1C(=O)NC1CCC(c2cn3ccccc3n2)CC1. The number of nitrogens with zero attached hydrogens (tertiary/aromatic N) is 2. The highest BCUT2D eigenvalue weighted by atomic mass is 16.5. The van der Waals surface area contributed by atoms with Crippen LogP contribution in [0.25, 0.3) is 5.65 Å². The molecule has 26 heavy (non-hydrogen) atoms. The molecule has 2 aromatic rings. The average Bonchev–Trinajstić information content (AvgIpc) is 3.12. The third-order valence-corrected chi connectivity index (χ3v) is 6.22. The van der Waals surface area contributed by atoms with Crippen molar-refractivity contribution in [3.8, 4) is 0 Å². The number of pyridine rings is 1. The van der Waals surface area contributed by atoms with Crippen LogP contribution in [0.15, 0.2) is 30.6 Å². The van der Waals surface area contributed by atoms with Crippen molar-refractivity contribution in [1.29, 1.82) is 0 Å². The lowest BCUT2D eigenvalue weighted by Gasteiger charge is -2.33. The monoisotopic (exact) mass is 355 g/mol. The lowest BCUT2D eigenvalue weighted by Crippen LogP contribution is -2.45. The molecule has 0 aromatic carbocycles. The quantitative estimate of drug-likeness (QED) is 0.910. The fourth-order valence-electron chi connectivity index (χ4n) is 4.67.